The van der Waals surface area contributed by atoms with E-state index in [-0.39, 0.29) is 11.6 Å². The summed E-state index contributed by atoms with van der Waals surface area (Å²) in [5, 5.41) is -0.589. The number of hydrogen-bond donors (Lipinski definition) is 0. The van der Waals surface area contributed by atoms with Gasteiger partial charge in [0.05, 0.1) is 25.8 Å². The topological polar surface area (TPSA) is 68.7 Å². The zero-order chi connectivity index (χ0) is 22.8. The third-order valence-corrected chi connectivity index (χ3v) is 6.36. The molecule has 0 bridgehead atoms. The van der Waals surface area contributed by atoms with Gasteiger partial charge in [0.25, 0.3) is 10.0 Å². The first kappa shape index (κ1) is 22.7. The molecule has 0 saturated heterocycles. The highest BCUT2D eigenvalue weighted by atomic mass is 35.5. The highest BCUT2D eigenvalue weighted by molar-refractivity contribution is 7.92. The van der Waals surface area contributed by atoms with Gasteiger partial charge in [0.15, 0.2) is 0 Å². The van der Waals surface area contributed by atoms with Crippen LogP contribution in [0.5, 0.6) is 11.5 Å². The lowest BCUT2D eigenvalue weighted by molar-refractivity contribution is 0.391. The number of nitrogens with zero attached hydrogens (tertiary/aromatic N) is 2. The molecule has 6 nitrogen and oxygen atoms in total. The lowest BCUT2D eigenvalue weighted by Gasteiger charge is -2.25. The Kier molecular flexibility index (Phi) is 6.61. The maximum atomic E-state index is 14.4. The second-order valence-corrected chi connectivity index (χ2v) is 8.44. The van der Waals surface area contributed by atoms with Crippen LogP contribution in [-0.2, 0) is 16.6 Å². The molecule has 0 fully saturated rings. The van der Waals surface area contributed by atoms with Gasteiger partial charge in [-0.1, -0.05) is 17.7 Å². The Morgan fingerprint density at radius 3 is 2.39 bits per heavy atom. The number of pyridine rings is 1. The molecule has 2 aromatic carbocycles. The summed E-state index contributed by atoms with van der Waals surface area (Å²) >= 11 is 5.67. The van der Waals surface area contributed by atoms with Gasteiger partial charge in [-0.3, -0.25) is 0 Å². The number of methoxy groups -OCH3 is 2. The van der Waals surface area contributed by atoms with Crippen molar-refractivity contribution in [2.45, 2.75) is 11.4 Å². The van der Waals surface area contributed by atoms with Crippen molar-refractivity contribution in [3.63, 3.8) is 0 Å². The molecule has 0 aliphatic heterocycles. The Labute approximate surface area is 181 Å². The standard InChI is InChI=1S/C20H16ClF3N2O4S/c1-29-13-7-6-12(17(8-13)30-2)11-26(20-5-3-4-19(24)25-20)31(27,28)18-9-14(21)15(22)10-16(18)23/h3-10H,11H2,1-2H3. The van der Waals surface area contributed by atoms with E-state index in [0.717, 1.165) is 6.07 Å². The lowest BCUT2D eigenvalue weighted by Crippen LogP contribution is -2.32. The SMILES string of the molecule is COc1ccc(CN(c2cccc(F)n2)S(=O)(=O)c2cc(Cl)c(F)cc2F)c(OC)c1. The summed E-state index contributed by atoms with van der Waals surface area (Å²) in [4.78, 5) is 2.71. The first-order chi connectivity index (χ1) is 14.7. The van der Waals surface area contributed by atoms with Gasteiger partial charge in [-0.2, -0.15) is 4.39 Å². The van der Waals surface area contributed by atoms with Gasteiger partial charge in [0.2, 0.25) is 5.95 Å². The van der Waals surface area contributed by atoms with Gasteiger partial charge in [0, 0.05) is 17.7 Å². The minimum Gasteiger partial charge on any atom is -0.497 e. The molecule has 0 radical (unpaired) electrons. The average Bonchev–Trinajstić information content (AvgIpc) is 2.74. The molecule has 1 aromatic heterocycles. The predicted octanol–water partition coefficient (Wildman–Crippen LogP) is 4.57. The molecule has 0 amide bonds. The van der Waals surface area contributed by atoms with E-state index in [4.69, 9.17) is 21.1 Å². The number of hydrogen-bond acceptors (Lipinski definition) is 5. The zero-order valence-corrected chi connectivity index (χ0v) is 17.8. The van der Waals surface area contributed by atoms with Crippen LogP contribution in [0.4, 0.5) is 19.0 Å². The van der Waals surface area contributed by atoms with Crippen LogP contribution in [0, 0.1) is 17.6 Å². The van der Waals surface area contributed by atoms with Gasteiger partial charge in [0.1, 0.15) is 33.8 Å². The minimum atomic E-state index is -4.69. The summed E-state index contributed by atoms with van der Waals surface area (Å²) in [5.41, 5.74) is 0.353. The quantitative estimate of drug-likeness (QED) is 0.372. The van der Waals surface area contributed by atoms with E-state index in [1.165, 1.54) is 38.5 Å². The highest BCUT2D eigenvalue weighted by Gasteiger charge is 2.31. The van der Waals surface area contributed by atoms with Gasteiger partial charge >= 0.3 is 0 Å². The number of aromatic nitrogens is 1. The summed E-state index contributed by atoms with van der Waals surface area (Å²) in [6, 6.07) is 9.15. The van der Waals surface area contributed by atoms with Crippen LogP contribution in [0.2, 0.25) is 5.02 Å². The number of benzene rings is 2. The molecular weight excluding hydrogens is 457 g/mol. The van der Waals surface area contributed by atoms with Crippen molar-refractivity contribution in [3.8, 4) is 11.5 Å². The van der Waals surface area contributed by atoms with Gasteiger partial charge < -0.3 is 9.47 Å². The molecule has 0 aliphatic rings. The van der Waals surface area contributed by atoms with Crippen LogP contribution in [0.25, 0.3) is 0 Å². The van der Waals surface area contributed by atoms with Gasteiger partial charge in [-0.05, 0) is 30.3 Å². The van der Waals surface area contributed by atoms with Crippen molar-refractivity contribution < 1.29 is 31.1 Å². The van der Waals surface area contributed by atoms with E-state index in [1.807, 2.05) is 0 Å². The van der Waals surface area contributed by atoms with Crippen LogP contribution in [0.15, 0.2) is 53.4 Å². The molecule has 11 heteroatoms. The molecule has 0 saturated carbocycles. The van der Waals surface area contributed by atoms with Crippen molar-refractivity contribution in [1.29, 1.82) is 0 Å². The molecular formula is C20H16ClF3N2O4S. The van der Waals surface area contributed by atoms with Crippen LogP contribution >= 0.6 is 11.6 Å². The molecule has 0 aliphatic carbocycles. The number of halogens is 4. The largest absolute Gasteiger partial charge is 0.497 e. The molecule has 3 rings (SSSR count). The van der Waals surface area contributed by atoms with Gasteiger partial charge in [-0.15, -0.1) is 0 Å². The number of anilines is 1. The summed E-state index contributed by atoms with van der Waals surface area (Å²) in [6.45, 7) is -0.402. The Bertz CT molecular complexity index is 1230. The van der Waals surface area contributed by atoms with Crippen molar-refractivity contribution in [3.05, 3.63) is 76.7 Å². The molecule has 0 spiro atoms. The summed E-state index contributed by atoms with van der Waals surface area (Å²) in [7, 11) is -1.87. The third kappa shape index (κ3) is 4.70. The first-order valence-electron chi connectivity index (χ1n) is 8.68. The fraction of sp³-hybridized carbons (Fsp3) is 0.150. The third-order valence-electron chi connectivity index (χ3n) is 4.31. The second-order valence-electron chi connectivity index (χ2n) is 6.20. The van der Waals surface area contributed by atoms with Crippen LogP contribution < -0.4 is 13.8 Å². The normalized spacial score (nSPS) is 11.3. The van der Waals surface area contributed by atoms with Gasteiger partial charge in [-0.25, -0.2) is 26.5 Å². The number of ether oxygens (including phenoxy) is 2. The molecule has 0 N–H and O–H groups in total. The summed E-state index contributed by atoms with van der Waals surface area (Å²) in [6.07, 6.45) is 0. The molecule has 0 unspecified atom stereocenters. The molecule has 0 atom stereocenters. The summed E-state index contributed by atoms with van der Waals surface area (Å²) < 4.78 is 79.5. The second kappa shape index (κ2) is 9.03. The number of sulfonamides is 1. The maximum Gasteiger partial charge on any atom is 0.268 e. The van der Waals surface area contributed by atoms with Crippen LogP contribution in [0.3, 0.4) is 0 Å². The van der Waals surface area contributed by atoms with E-state index < -0.39 is 44.1 Å². The molecule has 164 valence electrons. The zero-order valence-electron chi connectivity index (χ0n) is 16.3. The lowest BCUT2D eigenvalue weighted by atomic mass is 10.2. The predicted molar refractivity (Wildman–Crippen MR) is 108 cm³/mol. The van der Waals surface area contributed by atoms with E-state index in [0.29, 0.717) is 27.8 Å². The Morgan fingerprint density at radius 2 is 1.74 bits per heavy atom. The fourth-order valence-electron chi connectivity index (χ4n) is 2.78. The smallest absolute Gasteiger partial charge is 0.268 e. The molecule has 3 aromatic rings. The van der Waals surface area contributed by atoms with E-state index >= 15 is 0 Å². The van der Waals surface area contributed by atoms with E-state index in [2.05, 4.69) is 4.98 Å². The monoisotopic (exact) mass is 472 g/mol. The Hall–Kier alpha value is -2.98. The Morgan fingerprint density at radius 1 is 1.00 bits per heavy atom. The van der Waals surface area contributed by atoms with Crippen molar-refractivity contribution in [1.82, 2.24) is 4.98 Å². The molecule has 1 heterocycles. The highest BCUT2D eigenvalue weighted by Crippen LogP contribution is 2.32. The Balaban J connectivity index is 2.18. The van der Waals surface area contributed by atoms with Crippen LogP contribution in [0.1, 0.15) is 5.56 Å². The maximum absolute atomic E-state index is 14.4. The van der Waals surface area contributed by atoms with Crippen LogP contribution in [-0.4, -0.2) is 27.6 Å². The van der Waals surface area contributed by atoms with Crippen molar-refractivity contribution in [2.24, 2.45) is 0 Å². The van der Waals surface area contributed by atoms with E-state index in [9.17, 15) is 21.6 Å². The summed E-state index contributed by atoms with van der Waals surface area (Å²) in [5.74, 6) is -3.02. The van der Waals surface area contributed by atoms with E-state index in [1.54, 1.807) is 6.07 Å². The minimum absolute atomic E-state index is 0.272. The molecule has 31 heavy (non-hydrogen) atoms. The van der Waals surface area contributed by atoms with Crippen molar-refractivity contribution >= 4 is 27.4 Å². The average molecular weight is 473 g/mol. The number of rotatable bonds is 7. The first-order valence-corrected chi connectivity index (χ1v) is 10.5. The van der Waals surface area contributed by atoms with Crippen molar-refractivity contribution in [2.75, 3.05) is 18.5 Å². The fourth-order valence-corrected chi connectivity index (χ4v) is 4.48.